The number of anilines is 1. The first kappa shape index (κ1) is 24.9. The molecule has 0 unspecified atom stereocenters. The van der Waals surface area contributed by atoms with Gasteiger partial charge in [-0.1, -0.05) is 17.3 Å². The van der Waals surface area contributed by atoms with Gasteiger partial charge in [0.25, 0.3) is 11.8 Å². The van der Waals surface area contributed by atoms with Crippen LogP contribution in [-0.4, -0.2) is 65.7 Å². The number of β-lactam (4-membered cyclic amide) rings is 1. The van der Waals surface area contributed by atoms with Crippen molar-refractivity contribution in [3.63, 3.8) is 0 Å². The second kappa shape index (κ2) is 10.4. The van der Waals surface area contributed by atoms with E-state index in [1.54, 1.807) is 24.5 Å². The molecule has 1 fully saturated rings. The number of hydrogen-bond donors (Lipinski definition) is 3. The number of aromatic nitrogens is 3. The quantitative estimate of drug-likeness (QED) is 0.117. The van der Waals surface area contributed by atoms with Gasteiger partial charge in [-0.15, -0.1) is 23.1 Å². The molecule has 0 aliphatic carbocycles. The Bertz CT molecular complexity index is 1180. The van der Waals surface area contributed by atoms with Gasteiger partial charge in [-0.3, -0.25) is 14.5 Å². The van der Waals surface area contributed by atoms with Crippen molar-refractivity contribution in [3.05, 3.63) is 52.7 Å². The van der Waals surface area contributed by atoms with Crippen molar-refractivity contribution in [1.82, 2.24) is 25.2 Å². The van der Waals surface area contributed by atoms with Crippen molar-refractivity contribution in [3.8, 4) is 0 Å². The number of amides is 2. The van der Waals surface area contributed by atoms with E-state index in [-0.39, 0.29) is 51.8 Å². The number of carboxylic acids is 1. The second-order valence-corrected chi connectivity index (χ2v) is 8.54. The molecule has 0 radical (unpaired) electrons. The van der Waals surface area contributed by atoms with Crippen molar-refractivity contribution in [1.29, 1.82) is 0 Å². The normalized spacial score (nSPS) is 20.2. The first-order valence-corrected chi connectivity index (χ1v) is 10.9. The van der Waals surface area contributed by atoms with Crippen LogP contribution in [0.1, 0.15) is 11.3 Å². The van der Waals surface area contributed by atoms with Gasteiger partial charge in [0, 0.05) is 29.1 Å². The minimum Gasteiger partial charge on any atom is -0.543 e. The van der Waals surface area contributed by atoms with Gasteiger partial charge in [-0.05, 0) is 5.57 Å². The Morgan fingerprint density at radius 2 is 2.06 bits per heavy atom. The van der Waals surface area contributed by atoms with Crippen molar-refractivity contribution in [2.24, 2.45) is 5.16 Å². The molecule has 2 aromatic rings. The summed E-state index contributed by atoms with van der Waals surface area (Å²) in [7, 11) is 0. The molecule has 0 saturated carbocycles. The van der Waals surface area contributed by atoms with Crippen molar-refractivity contribution < 1.29 is 54.3 Å². The smallest absolute Gasteiger partial charge is 0.543 e. The average Bonchev–Trinajstić information content (AvgIpc) is 3.22. The van der Waals surface area contributed by atoms with Gasteiger partial charge in [0.15, 0.2) is 10.8 Å². The van der Waals surface area contributed by atoms with Crippen LogP contribution in [0, 0.1) is 0 Å². The first-order chi connectivity index (χ1) is 15.4. The molecule has 2 aliphatic rings. The van der Waals surface area contributed by atoms with E-state index in [4.69, 9.17) is 5.73 Å². The van der Waals surface area contributed by atoms with Crippen molar-refractivity contribution in [2.75, 3.05) is 11.5 Å². The van der Waals surface area contributed by atoms with E-state index >= 15 is 0 Å². The summed E-state index contributed by atoms with van der Waals surface area (Å²) in [6, 6.07) is -1.01. The molecule has 2 atom stereocenters. The number of fused-ring (bicyclic) bond motifs is 1. The molecule has 12 nitrogen and oxygen atoms in total. The number of aliphatic carboxylic acids is 1. The first-order valence-electron chi connectivity index (χ1n) is 8.97. The van der Waals surface area contributed by atoms with E-state index in [0.29, 0.717) is 11.1 Å². The number of nitrogen functional groups attached to an aromatic ring is 1. The summed E-state index contributed by atoms with van der Waals surface area (Å²) in [4.78, 5) is 49.7. The number of nitrogens with two attached hydrogens (primary N) is 1. The third kappa shape index (κ3) is 4.94. The Hall–Kier alpha value is -2.78. The van der Waals surface area contributed by atoms with Crippen LogP contribution in [0.2, 0.25) is 0 Å². The molecule has 164 valence electrons. The molecular formula is C18H14N7NaO5S2. The number of carboxylic acid groups (broad SMARTS) is 1. The largest absolute Gasteiger partial charge is 1.00 e. The minimum absolute atomic E-state index is 0. The molecule has 0 bridgehead atoms. The zero-order chi connectivity index (χ0) is 22.8. The average molecular weight is 495 g/mol. The summed E-state index contributed by atoms with van der Waals surface area (Å²) in [5, 5.41) is 27.4. The van der Waals surface area contributed by atoms with E-state index in [0.717, 1.165) is 16.2 Å². The molecule has 0 spiro atoms. The number of carbonyl (C=O) groups is 3. The molecule has 4 rings (SSSR count). The number of thioether (sulfide) groups is 1. The zero-order valence-corrected chi connectivity index (χ0v) is 20.7. The van der Waals surface area contributed by atoms with Crippen LogP contribution in [0.3, 0.4) is 0 Å². The summed E-state index contributed by atoms with van der Waals surface area (Å²) in [5.41, 5.74) is 5.95. The monoisotopic (exact) mass is 495 g/mol. The summed E-state index contributed by atoms with van der Waals surface area (Å²) in [6.45, 7) is 0. The fourth-order valence-corrected chi connectivity index (χ4v) is 5.04. The number of nitrogens with one attached hydrogen (secondary N) is 1. The SMILES string of the molecule is Nc1nc(/C(=N/O)C(=O)N[C@@H]2C(=O)N3C(C(=O)[O-])=C(/C=C\c4cncnc4)CS[C@H]23)cs1.[Na+]. The van der Waals surface area contributed by atoms with Gasteiger partial charge in [0.2, 0.25) is 0 Å². The van der Waals surface area contributed by atoms with Crippen LogP contribution in [0.5, 0.6) is 0 Å². The van der Waals surface area contributed by atoms with Crippen molar-refractivity contribution in [2.45, 2.75) is 11.4 Å². The van der Waals surface area contributed by atoms with Gasteiger partial charge in [0.1, 0.15) is 23.4 Å². The molecule has 0 aromatic carbocycles. The summed E-state index contributed by atoms with van der Waals surface area (Å²) < 4.78 is 0. The third-order valence-corrected chi connectivity index (χ3v) is 6.59. The Labute approximate surface area is 217 Å². The van der Waals surface area contributed by atoms with E-state index in [2.05, 4.69) is 25.4 Å². The number of thiazole rings is 1. The van der Waals surface area contributed by atoms with Gasteiger partial charge in [-0.25, -0.2) is 15.0 Å². The van der Waals surface area contributed by atoms with E-state index in [1.807, 2.05) is 0 Å². The molecule has 2 amide bonds. The molecule has 1 saturated heterocycles. The molecule has 15 heteroatoms. The molecule has 4 N–H and O–H groups in total. The van der Waals surface area contributed by atoms with Gasteiger partial charge in [0.05, 0.1) is 11.7 Å². The van der Waals surface area contributed by atoms with Crippen LogP contribution < -0.4 is 45.7 Å². The summed E-state index contributed by atoms with van der Waals surface area (Å²) >= 11 is 2.33. The molecule has 2 aliphatic heterocycles. The Kier molecular flexibility index (Phi) is 7.86. The van der Waals surface area contributed by atoms with Crippen LogP contribution >= 0.6 is 23.1 Å². The van der Waals surface area contributed by atoms with E-state index in [9.17, 15) is 24.7 Å². The van der Waals surface area contributed by atoms with Crippen LogP contribution in [-0.2, 0) is 14.4 Å². The topological polar surface area (TPSA) is 187 Å². The van der Waals surface area contributed by atoms with Crippen LogP contribution in [0.4, 0.5) is 5.13 Å². The number of carbonyl (C=O) groups excluding carboxylic acids is 3. The molecule has 2 aromatic heterocycles. The van der Waals surface area contributed by atoms with Crippen LogP contribution in [0.15, 0.2) is 46.6 Å². The van der Waals surface area contributed by atoms with Gasteiger partial charge < -0.3 is 26.2 Å². The molecule has 33 heavy (non-hydrogen) atoms. The predicted octanol–water partition coefficient (Wildman–Crippen LogP) is -4.19. The zero-order valence-electron chi connectivity index (χ0n) is 17.0. The van der Waals surface area contributed by atoms with Crippen molar-refractivity contribution >= 4 is 57.8 Å². The Morgan fingerprint density at radius 1 is 1.33 bits per heavy atom. The third-order valence-electron chi connectivity index (χ3n) is 4.61. The fourth-order valence-electron chi connectivity index (χ4n) is 3.17. The van der Waals surface area contributed by atoms with E-state index in [1.165, 1.54) is 23.5 Å². The number of nitrogens with zero attached hydrogens (tertiary/aromatic N) is 5. The fraction of sp³-hybridized carbons (Fsp3) is 0.167. The number of hydrogen-bond acceptors (Lipinski definition) is 12. The summed E-state index contributed by atoms with van der Waals surface area (Å²) in [6.07, 6.45) is 7.67. The number of allylic oxidation sites excluding steroid dienone is 1. The second-order valence-electron chi connectivity index (χ2n) is 6.55. The maximum atomic E-state index is 12.7. The minimum atomic E-state index is -1.51. The van der Waals surface area contributed by atoms with E-state index < -0.39 is 34.9 Å². The molecule has 4 heterocycles. The van der Waals surface area contributed by atoms with Gasteiger partial charge >= 0.3 is 29.6 Å². The standard InChI is InChI=1S/C18H15N7O5S2.Na/c19-18-22-10(6-32-18)11(24-30)14(26)23-12-15(27)25-13(17(28)29)9(5-31-16(12)25)2-1-8-3-20-7-21-4-8;/h1-4,6-7,12,16,30H,5H2,(H2,19,22)(H,23,26)(H,28,29);/q;+1/p-1/b2-1-,24-11-;/t12-,16-;/m1./s1. The Balaban J connectivity index is 0.00000306. The number of oxime groups is 1. The van der Waals surface area contributed by atoms with Crippen LogP contribution in [0.25, 0.3) is 6.08 Å². The maximum Gasteiger partial charge on any atom is 1.00 e. The maximum absolute atomic E-state index is 12.7. The summed E-state index contributed by atoms with van der Waals surface area (Å²) in [5.74, 6) is -2.71. The predicted molar refractivity (Wildman–Crippen MR) is 113 cm³/mol. The molecular weight excluding hydrogens is 481 g/mol. The number of rotatable bonds is 6. The Morgan fingerprint density at radius 3 is 2.67 bits per heavy atom. The van der Waals surface area contributed by atoms with Gasteiger partial charge in [-0.2, -0.15) is 0 Å².